The van der Waals surface area contributed by atoms with E-state index in [1.165, 1.54) is 18.4 Å². The van der Waals surface area contributed by atoms with Crippen LogP contribution in [0.4, 0.5) is 0 Å². The summed E-state index contributed by atoms with van der Waals surface area (Å²) < 4.78 is 10.6. The smallest absolute Gasteiger partial charge is 0.349 e. The van der Waals surface area contributed by atoms with Crippen molar-refractivity contribution < 1.29 is 18.7 Å². The standard InChI is InChI=1S/C22H23N3O5S/c1-29-17-5-2-4-15-14-16(22(28)30-19(15)17)21(27)25-11-9-24(10-12-25)8-7-23-20(26)18-6-3-13-31-18/h2-6,13-14H,7-12H2,1H3,(H,23,26). The van der Waals surface area contributed by atoms with E-state index in [9.17, 15) is 14.4 Å². The van der Waals surface area contributed by atoms with Gasteiger partial charge >= 0.3 is 5.63 Å². The summed E-state index contributed by atoms with van der Waals surface area (Å²) in [6.45, 7) is 3.61. The molecule has 3 heterocycles. The number of piperazine rings is 1. The molecule has 1 aliphatic rings. The Bertz CT molecular complexity index is 1130. The number of thiophene rings is 1. The summed E-state index contributed by atoms with van der Waals surface area (Å²) >= 11 is 1.41. The minimum Gasteiger partial charge on any atom is -0.493 e. The quantitative estimate of drug-likeness (QED) is 0.589. The zero-order valence-electron chi connectivity index (χ0n) is 17.1. The van der Waals surface area contributed by atoms with Crippen LogP contribution in [0.5, 0.6) is 5.75 Å². The number of carbonyl (C=O) groups is 2. The lowest BCUT2D eigenvalue weighted by molar-refractivity contribution is 0.0634. The van der Waals surface area contributed by atoms with Crippen LogP contribution in [0.3, 0.4) is 0 Å². The van der Waals surface area contributed by atoms with Crippen molar-refractivity contribution in [1.29, 1.82) is 0 Å². The first-order valence-electron chi connectivity index (χ1n) is 10.0. The van der Waals surface area contributed by atoms with Gasteiger partial charge in [-0.2, -0.15) is 0 Å². The van der Waals surface area contributed by atoms with Gasteiger partial charge in [0, 0.05) is 44.7 Å². The first-order chi connectivity index (χ1) is 15.1. The van der Waals surface area contributed by atoms with E-state index in [0.717, 1.165) is 0 Å². The van der Waals surface area contributed by atoms with Crippen molar-refractivity contribution in [3.8, 4) is 5.75 Å². The Labute approximate surface area is 183 Å². The second-order valence-corrected chi connectivity index (χ2v) is 8.14. The molecule has 162 valence electrons. The van der Waals surface area contributed by atoms with Crippen LogP contribution >= 0.6 is 11.3 Å². The van der Waals surface area contributed by atoms with Gasteiger partial charge in [0.15, 0.2) is 11.3 Å². The molecular formula is C22H23N3O5S. The van der Waals surface area contributed by atoms with E-state index >= 15 is 0 Å². The van der Waals surface area contributed by atoms with E-state index < -0.39 is 5.63 Å². The highest BCUT2D eigenvalue weighted by atomic mass is 32.1. The maximum absolute atomic E-state index is 12.9. The molecule has 31 heavy (non-hydrogen) atoms. The summed E-state index contributed by atoms with van der Waals surface area (Å²) in [6, 6.07) is 10.5. The zero-order valence-corrected chi connectivity index (χ0v) is 17.9. The summed E-state index contributed by atoms with van der Waals surface area (Å²) in [5.74, 6) is 0.0565. The SMILES string of the molecule is COc1cccc2cc(C(=O)N3CCN(CCNC(=O)c4cccs4)CC3)c(=O)oc12. The van der Waals surface area contributed by atoms with E-state index in [4.69, 9.17) is 9.15 Å². The molecule has 1 aliphatic heterocycles. The first-order valence-corrected chi connectivity index (χ1v) is 10.9. The number of ether oxygens (including phenoxy) is 1. The second-order valence-electron chi connectivity index (χ2n) is 7.19. The fraction of sp³-hybridized carbons (Fsp3) is 0.318. The first kappa shape index (κ1) is 21.1. The third-order valence-electron chi connectivity index (χ3n) is 5.29. The van der Waals surface area contributed by atoms with Gasteiger partial charge in [-0.05, 0) is 23.6 Å². The molecule has 2 aromatic heterocycles. The summed E-state index contributed by atoms with van der Waals surface area (Å²) in [6.07, 6.45) is 0. The monoisotopic (exact) mass is 441 g/mol. The van der Waals surface area contributed by atoms with Crippen LogP contribution in [0.1, 0.15) is 20.0 Å². The molecule has 4 rings (SSSR count). The van der Waals surface area contributed by atoms with Gasteiger partial charge in [0.25, 0.3) is 11.8 Å². The predicted molar refractivity (Wildman–Crippen MR) is 118 cm³/mol. The van der Waals surface area contributed by atoms with Crippen LogP contribution in [0.15, 0.2) is 51.0 Å². The Hall–Kier alpha value is -3.17. The molecule has 0 aliphatic carbocycles. The number of nitrogens with one attached hydrogen (secondary N) is 1. The van der Waals surface area contributed by atoms with Crippen LogP contribution in [-0.2, 0) is 0 Å². The molecule has 2 amide bonds. The molecule has 1 N–H and O–H groups in total. The van der Waals surface area contributed by atoms with E-state index in [0.29, 0.717) is 60.9 Å². The van der Waals surface area contributed by atoms with Crippen LogP contribution < -0.4 is 15.7 Å². The molecule has 0 radical (unpaired) electrons. The van der Waals surface area contributed by atoms with Gasteiger partial charge in [0.05, 0.1) is 12.0 Å². The van der Waals surface area contributed by atoms with Gasteiger partial charge in [0.1, 0.15) is 5.56 Å². The van der Waals surface area contributed by atoms with Crippen LogP contribution in [0.2, 0.25) is 0 Å². The molecule has 1 saturated heterocycles. The summed E-state index contributed by atoms with van der Waals surface area (Å²) in [5, 5.41) is 5.43. The van der Waals surface area contributed by atoms with Crippen LogP contribution in [0, 0.1) is 0 Å². The number of fused-ring (bicyclic) bond motifs is 1. The Morgan fingerprint density at radius 3 is 2.68 bits per heavy atom. The predicted octanol–water partition coefficient (Wildman–Crippen LogP) is 2.05. The summed E-state index contributed by atoms with van der Waals surface area (Å²) in [4.78, 5) is 41.9. The fourth-order valence-corrected chi connectivity index (χ4v) is 4.24. The molecular weight excluding hydrogens is 418 g/mol. The van der Waals surface area contributed by atoms with Gasteiger partial charge in [-0.25, -0.2) is 4.79 Å². The van der Waals surface area contributed by atoms with Gasteiger partial charge < -0.3 is 19.4 Å². The molecule has 8 nitrogen and oxygen atoms in total. The van der Waals surface area contributed by atoms with Gasteiger partial charge in [0.2, 0.25) is 0 Å². The molecule has 0 spiro atoms. The molecule has 0 unspecified atom stereocenters. The minimum absolute atomic E-state index is 0.0254. The Balaban J connectivity index is 1.33. The number of methoxy groups -OCH3 is 1. The molecule has 1 aromatic carbocycles. The van der Waals surface area contributed by atoms with Crippen molar-refractivity contribution in [2.45, 2.75) is 0 Å². The number of hydrogen-bond donors (Lipinski definition) is 1. The number of para-hydroxylation sites is 1. The highest BCUT2D eigenvalue weighted by Crippen LogP contribution is 2.24. The Morgan fingerprint density at radius 2 is 1.97 bits per heavy atom. The van der Waals surface area contributed by atoms with Crippen molar-refractivity contribution in [2.24, 2.45) is 0 Å². The lowest BCUT2D eigenvalue weighted by atomic mass is 10.1. The minimum atomic E-state index is -0.666. The normalized spacial score (nSPS) is 14.5. The maximum Gasteiger partial charge on any atom is 0.349 e. The van der Waals surface area contributed by atoms with Crippen molar-refractivity contribution in [1.82, 2.24) is 15.1 Å². The Kier molecular flexibility index (Phi) is 6.34. The number of rotatable bonds is 6. The molecule has 0 saturated carbocycles. The van der Waals surface area contributed by atoms with E-state index in [1.807, 2.05) is 11.4 Å². The van der Waals surface area contributed by atoms with Crippen LogP contribution in [-0.4, -0.2) is 68.0 Å². The summed E-state index contributed by atoms with van der Waals surface area (Å²) in [5.41, 5.74) is -0.306. The molecule has 9 heteroatoms. The largest absolute Gasteiger partial charge is 0.493 e. The Morgan fingerprint density at radius 1 is 1.16 bits per heavy atom. The van der Waals surface area contributed by atoms with Crippen molar-refractivity contribution in [2.75, 3.05) is 46.4 Å². The number of amides is 2. The molecule has 0 atom stereocenters. The number of hydrogen-bond acceptors (Lipinski definition) is 7. The fourth-order valence-electron chi connectivity index (χ4n) is 3.59. The number of nitrogens with zero attached hydrogens (tertiary/aromatic N) is 2. The van der Waals surface area contributed by atoms with Gasteiger partial charge in [-0.3, -0.25) is 14.5 Å². The number of carbonyl (C=O) groups excluding carboxylic acids is 2. The van der Waals surface area contributed by atoms with E-state index in [1.54, 1.807) is 35.2 Å². The third kappa shape index (κ3) is 4.62. The van der Waals surface area contributed by atoms with Gasteiger partial charge in [-0.1, -0.05) is 18.2 Å². The lowest BCUT2D eigenvalue weighted by Gasteiger charge is -2.34. The van der Waals surface area contributed by atoms with Crippen molar-refractivity contribution in [3.63, 3.8) is 0 Å². The average Bonchev–Trinajstić information content (AvgIpc) is 3.33. The molecule has 0 bridgehead atoms. The second kappa shape index (κ2) is 9.32. The van der Waals surface area contributed by atoms with Gasteiger partial charge in [-0.15, -0.1) is 11.3 Å². The number of benzene rings is 1. The summed E-state index contributed by atoms with van der Waals surface area (Å²) in [7, 11) is 1.50. The zero-order chi connectivity index (χ0) is 21.8. The van der Waals surface area contributed by atoms with E-state index in [-0.39, 0.29) is 17.4 Å². The highest BCUT2D eigenvalue weighted by molar-refractivity contribution is 7.12. The van der Waals surface area contributed by atoms with Crippen molar-refractivity contribution in [3.05, 3.63) is 62.6 Å². The average molecular weight is 442 g/mol. The third-order valence-corrected chi connectivity index (χ3v) is 6.16. The van der Waals surface area contributed by atoms with E-state index in [2.05, 4.69) is 10.2 Å². The van der Waals surface area contributed by atoms with Crippen LogP contribution in [0.25, 0.3) is 11.0 Å². The topological polar surface area (TPSA) is 92.1 Å². The molecule has 1 fully saturated rings. The highest BCUT2D eigenvalue weighted by Gasteiger charge is 2.25. The molecule has 3 aromatic rings. The lowest BCUT2D eigenvalue weighted by Crippen LogP contribution is -2.50. The maximum atomic E-state index is 12.9. The van der Waals surface area contributed by atoms with Crippen molar-refractivity contribution >= 4 is 34.1 Å².